The first kappa shape index (κ1) is 25.5. The molecule has 4 N–H and O–H groups in total. The Morgan fingerprint density at radius 3 is 2.43 bits per heavy atom. The third kappa shape index (κ3) is 5.82. The van der Waals surface area contributed by atoms with Gasteiger partial charge < -0.3 is 20.4 Å². The highest BCUT2D eigenvalue weighted by Crippen LogP contribution is 2.22. The molecular formula is C23H22FN7O5S. The summed E-state index contributed by atoms with van der Waals surface area (Å²) in [5.41, 5.74) is 5.83. The average Bonchev–Trinajstić information content (AvgIpc) is 3.51. The van der Waals surface area contributed by atoms with E-state index in [2.05, 4.69) is 20.1 Å². The molecule has 0 atom stereocenters. The van der Waals surface area contributed by atoms with Crippen molar-refractivity contribution in [2.75, 3.05) is 18.7 Å². The molecular weight excluding hydrogens is 505 g/mol. The maximum atomic E-state index is 15.0. The molecule has 0 spiro atoms. The van der Waals surface area contributed by atoms with Crippen LogP contribution in [0.3, 0.4) is 0 Å². The summed E-state index contributed by atoms with van der Waals surface area (Å²) in [6.07, 6.45) is 4.01. The zero-order chi connectivity index (χ0) is 26.7. The lowest BCUT2D eigenvalue weighted by atomic mass is 10.2. The minimum absolute atomic E-state index is 0.0498. The molecule has 12 nitrogen and oxygen atoms in total. The topological polar surface area (TPSA) is 163 Å². The quantitative estimate of drug-likeness (QED) is 0.298. The smallest absolute Gasteiger partial charge is 0.274 e. The summed E-state index contributed by atoms with van der Waals surface area (Å²) in [5, 5.41) is 6.58. The lowest BCUT2D eigenvalue weighted by Crippen LogP contribution is -2.23. The molecule has 4 aromatic rings. The van der Waals surface area contributed by atoms with Gasteiger partial charge in [0.05, 0.1) is 31.3 Å². The number of hydrogen-bond acceptors (Lipinski definition) is 7. The molecule has 4 rings (SSSR count). The Morgan fingerprint density at radius 2 is 1.81 bits per heavy atom. The number of rotatable bonds is 9. The second-order valence-electron chi connectivity index (χ2n) is 7.81. The van der Waals surface area contributed by atoms with Gasteiger partial charge in [-0.1, -0.05) is 0 Å². The van der Waals surface area contributed by atoms with Gasteiger partial charge in [-0.2, -0.15) is 5.10 Å². The summed E-state index contributed by atoms with van der Waals surface area (Å²) < 4.78 is 48.0. The number of carbonyl (C=O) groups is 2. The molecule has 2 aromatic heterocycles. The molecule has 0 aliphatic rings. The van der Waals surface area contributed by atoms with E-state index >= 15 is 0 Å². The summed E-state index contributed by atoms with van der Waals surface area (Å²) in [4.78, 5) is 28.9. The van der Waals surface area contributed by atoms with Crippen LogP contribution in [0.25, 0.3) is 11.4 Å². The van der Waals surface area contributed by atoms with E-state index in [0.717, 1.165) is 12.3 Å². The van der Waals surface area contributed by atoms with Gasteiger partial charge in [0.25, 0.3) is 11.8 Å². The van der Waals surface area contributed by atoms with Gasteiger partial charge in [-0.05, 0) is 36.4 Å². The number of sulfonamides is 1. The van der Waals surface area contributed by atoms with Crippen LogP contribution in [0.1, 0.15) is 26.8 Å². The lowest BCUT2D eigenvalue weighted by molar-refractivity contribution is 0.0993. The molecule has 0 radical (unpaired) electrons. The van der Waals surface area contributed by atoms with E-state index in [1.54, 1.807) is 30.5 Å². The zero-order valence-electron chi connectivity index (χ0n) is 19.7. The number of halogens is 1. The molecule has 0 saturated heterocycles. The van der Waals surface area contributed by atoms with Crippen LogP contribution in [0.15, 0.2) is 60.9 Å². The number of amides is 2. The van der Waals surface area contributed by atoms with Gasteiger partial charge in [0.2, 0.25) is 10.0 Å². The Labute approximate surface area is 210 Å². The fourth-order valence-electron chi connectivity index (χ4n) is 3.42. The van der Waals surface area contributed by atoms with E-state index in [4.69, 9.17) is 10.5 Å². The van der Waals surface area contributed by atoms with E-state index in [1.807, 2.05) is 0 Å². The molecule has 37 heavy (non-hydrogen) atoms. The normalized spacial score (nSPS) is 11.3. The lowest BCUT2D eigenvalue weighted by Gasteiger charge is -2.12. The second-order valence-corrected chi connectivity index (χ2v) is 9.65. The summed E-state index contributed by atoms with van der Waals surface area (Å²) >= 11 is 0. The predicted octanol–water partition coefficient (Wildman–Crippen LogP) is 1.61. The largest absolute Gasteiger partial charge is 0.497 e. The molecule has 0 aliphatic carbocycles. The number of nitrogens with zero attached hydrogens (tertiary/aromatic N) is 4. The number of anilines is 1. The van der Waals surface area contributed by atoms with Crippen LogP contribution >= 0.6 is 0 Å². The molecule has 14 heteroatoms. The molecule has 2 heterocycles. The number of nitrogens with one attached hydrogen (secondary N) is 2. The molecule has 2 aromatic carbocycles. The molecule has 0 saturated carbocycles. The summed E-state index contributed by atoms with van der Waals surface area (Å²) in [6.45, 7) is -0.0938. The van der Waals surface area contributed by atoms with Crippen LogP contribution in [0.5, 0.6) is 5.75 Å². The SMILES string of the molecule is COc1ccc(-n2nc(C(N)=O)cc2C(=O)Nc2ccc(-n3ccnc3CNS(C)(=O)=O)cc2F)cc1. The number of aromatic nitrogens is 4. The van der Waals surface area contributed by atoms with Gasteiger partial charge in [0.1, 0.15) is 23.1 Å². The Morgan fingerprint density at radius 1 is 1.11 bits per heavy atom. The Kier molecular flexibility index (Phi) is 7.04. The first-order chi connectivity index (χ1) is 17.6. The van der Waals surface area contributed by atoms with Crippen molar-refractivity contribution in [2.24, 2.45) is 5.73 Å². The standard InChI is InChI=1S/C23H22FN7O5S/c1-36-16-6-3-14(4-7-16)31-20(12-19(29-31)22(25)32)23(33)28-18-8-5-15(11-17(18)24)30-10-9-26-21(30)13-27-37(2,34)35/h3-12,27H,13H2,1-2H3,(H2,25,32)(H,28,33). The van der Waals surface area contributed by atoms with Crippen molar-refractivity contribution in [3.63, 3.8) is 0 Å². The molecule has 0 unspecified atom stereocenters. The third-order valence-electron chi connectivity index (χ3n) is 5.20. The highest BCUT2D eigenvalue weighted by atomic mass is 32.2. The molecule has 0 bridgehead atoms. The van der Waals surface area contributed by atoms with Gasteiger partial charge in [-0.25, -0.2) is 27.2 Å². The first-order valence-corrected chi connectivity index (χ1v) is 12.6. The number of benzene rings is 2. The van der Waals surface area contributed by atoms with Crippen LogP contribution < -0.4 is 20.5 Å². The minimum Gasteiger partial charge on any atom is -0.497 e. The zero-order valence-corrected chi connectivity index (χ0v) is 20.5. The van der Waals surface area contributed by atoms with Crippen molar-refractivity contribution >= 4 is 27.5 Å². The van der Waals surface area contributed by atoms with Gasteiger partial charge >= 0.3 is 0 Å². The van der Waals surface area contributed by atoms with Gasteiger partial charge in [-0.3, -0.25) is 9.59 Å². The van der Waals surface area contributed by atoms with Gasteiger partial charge in [0.15, 0.2) is 5.69 Å². The Hall–Kier alpha value is -4.56. The third-order valence-corrected chi connectivity index (χ3v) is 5.87. The highest BCUT2D eigenvalue weighted by Gasteiger charge is 2.21. The maximum Gasteiger partial charge on any atom is 0.274 e. The van der Waals surface area contributed by atoms with Crippen molar-refractivity contribution in [2.45, 2.75) is 6.54 Å². The van der Waals surface area contributed by atoms with E-state index in [0.29, 0.717) is 22.9 Å². The maximum absolute atomic E-state index is 15.0. The van der Waals surface area contributed by atoms with Crippen molar-refractivity contribution in [1.29, 1.82) is 0 Å². The number of ether oxygens (including phenoxy) is 1. The molecule has 2 amide bonds. The van der Waals surface area contributed by atoms with Crippen LogP contribution in [0, 0.1) is 5.82 Å². The Balaban J connectivity index is 1.60. The minimum atomic E-state index is -3.45. The van der Waals surface area contributed by atoms with Gasteiger partial charge in [-0.15, -0.1) is 0 Å². The molecule has 0 aliphatic heterocycles. The van der Waals surface area contributed by atoms with Crippen LogP contribution in [-0.2, 0) is 16.6 Å². The highest BCUT2D eigenvalue weighted by molar-refractivity contribution is 7.88. The number of nitrogens with two attached hydrogens (primary N) is 1. The number of imidazole rings is 1. The van der Waals surface area contributed by atoms with E-state index < -0.39 is 27.7 Å². The van der Waals surface area contributed by atoms with Crippen LogP contribution in [0.2, 0.25) is 0 Å². The first-order valence-electron chi connectivity index (χ1n) is 10.7. The summed E-state index contributed by atoms with van der Waals surface area (Å²) in [7, 11) is -1.95. The van der Waals surface area contributed by atoms with Crippen molar-refractivity contribution in [3.8, 4) is 17.1 Å². The Bertz CT molecular complexity index is 1580. The van der Waals surface area contributed by atoms with Crippen LogP contribution in [0.4, 0.5) is 10.1 Å². The number of carbonyl (C=O) groups excluding carboxylic acids is 2. The van der Waals surface area contributed by atoms with Crippen molar-refractivity contribution in [3.05, 3.63) is 84.0 Å². The van der Waals surface area contributed by atoms with E-state index in [-0.39, 0.29) is 23.6 Å². The molecule has 0 fully saturated rings. The summed E-state index contributed by atoms with van der Waals surface area (Å²) in [5.74, 6) is -1.41. The monoisotopic (exact) mass is 527 g/mol. The average molecular weight is 528 g/mol. The molecule has 192 valence electrons. The second kappa shape index (κ2) is 10.2. The number of methoxy groups -OCH3 is 1. The number of primary amides is 1. The van der Waals surface area contributed by atoms with E-state index in [9.17, 15) is 22.4 Å². The van der Waals surface area contributed by atoms with E-state index in [1.165, 1.54) is 40.8 Å². The van der Waals surface area contributed by atoms with Gasteiger partial charge in [0, 0.05) is 30.2 Å². The fraction of sp³-hybridized carbons (Fsp3) is 0.130. The fourth-order valence-corrected chi connectivity index (χ4v) is 3.81. The van der Waals surface area contributed by atoms with Crippen molar-refractivity contribution < 1.29 is 27.1 Å². The van der Waals surface area contributed by atoms with Crippen molar-refractivity contribution in [1.82, 2.24) is 24.1 Å². The number of hydrogen-bond donors (Lipinski definition) is 3. The van der Waals surface area contributed by atoms with Crippen LogP contribution in [-0.4, -0.2) is 52.9 Å². The summed E-state index contributed by atoms with van der Waals surface area (Å²) in [6, 6.07) is 11.8. The predicted molar refractivity (Wildman–Crippen MR) is 132 cm³/mol.